The number of benzene rings is 1. The van der Waals surface area contributed by atoms with E-state index < -0.39 is 0 Å². The van der Waals surface area contributed by atoms with Crippen LogP contribution in [-0.2, 0) is 13.0 Å². The lowest BCUT2D eigenvalue weighted by atomic mass is 9.93. The Bertz CT molecular complexity index is 645. The highest BCUT2D eigenvalue weighted by molar-refractivity contribution is 7.10. The van der Waals surface area contributed by atoms with Gasteiger partial charge in [0.05, 0.1) is 0 Å². The summed E-state index contributed by atoms with van der Waals surface area (Å²) in [5, 5.41) is 2.22. The van der Waals surface area contributed by atoms with Crippen LogP contribution in [0.2, 0.25) is 0 Å². The maximum atomic E-state index is 6.15. The molecule has 1 aromatic heterocycles. The minimum atomic E-state index is 0.331. The number of rotatable bonds is 3. The van der Waals surface area contributed by atoms with Crippen molar-refractivity contribution in [2.75, 3.05) is 13.1 Å². The molecule has 0 fully saturated rings. The molecule has 2 N–H and O–H groups in total. The second-order valence-corrected chi connectivity index (χ2v) is 7.13. The zero-order valence-electron chi connectivity index (χ0n) is 13.1. The summed E-state index contributed by atoms with van der Waals surface area (Å²) >= 11 is 1.89. The minimum Gasteiger partial charge on any atom is -0.329 e. The summed E-state index contributed by atoms with van der Waals surface area (Å²) < 4.78 is 0. The van der Waals surface area contributed by atoms with Crippen LogP contribution in [0.4, 0.5) is 0 Å². The molecule has 21 heavy (non-hydrogen) atoms. The van der Waals surface area contributed by atoms with E-state index in [-0.39, 0.29) is 0 Å². The lowest BCUT2D eigenvalue weighted by Gasteiger charge is -2.35. The third-order valence-corrected chi connectivity index (χ3v) is 5.77. The van der Waals surface area contributed by atoms with Gasteiger partial charge in [-0.3, -0.25) is 4.90 Å². The Kier molecular flexibility index (Phi) is 4.16. The first-order chi connectivity index (χ1) is 10.1. The van der Waals surface area contributed by atoms with E-state index in [4.69, 9.17) is 5.73 Å². The molecule has 3 heteroatoms. The van der Waals surface area contributed by atoms with Crippen molar-refractivity contribution in [1.29, 1.82) is 0 Å². The Morgan fingerprint density at radius 3 is 2.71 bits per heavy atom. The van der Waals surface area contributed by atoms with Gasteiger partial charge in [-0.1, -0.05) is 12.1 Å². The van der Waals surface area contributed by atoms with Crippen LogP contribution in [0.5, 0.6) is 0 Å². The average molecular weight is 300 g/mol. The molecule has 0 saturated heterocycles. The topological polar surface area (TPSA) is 29.3 Å². The molecule has 1 aliphatic rings. The maximum absolute atomic E-state index is 6.15. The van der Waals surface area contributed by atoms with Crippen molar-refractivity contribution >= 4 is 11.3 Å². The normalized spacial score (nSPS) is 16.8. The molecule has 3 rings (SSSR count). The molecule has 2 aromatic rings. The van der Waals surface area contributed by atoms with E-state index in [0.29, 0.717) is 12.6 Å². The lowest BCUT2D eigenvalue weighted by Crippen LogP contribution is -2.37. The molecule has 2 nitrogen and oxygen atoms in total. The van der Waals surface area contributed by atoms with Crippen molar-refractivity contribution in [3.63, 3.8) is 0 Å². The molecule has 1 atom stereocenters. The first-order valence-corrected chi connectivity index (χ1v) is 8.55. The van der Waals surface area contributed by atoms with Gasteiger partial charge < -0.3 is 5.73 Å². The predicted octanol–water partition coefficient (Wildman–Crippen LogP) is 3.73. The third-order valence-electron chi connectivity index (χ3n) is 4.74. The summed E-state index contributed by atoms with van der Waals surface area (Å²) in [6.07, 6.45) is 1.16. The Morgan fingerprint density at radius 1 is 1.19 bits per heavy atom. The van der Waals surface area contributed by atoms with Crippen molar-refractivity contribution in [2.24, 2.45) is 5.73 Å². The molecule has 0 spiro atoms. The highest BCUT2D eigenvalue weighted by atomic mass is 32.1. The van der Waals surface area contributed by atoms with Crippen molar-refractivity contribution in [2.45, 2.75) is 39.8 Å². The molecule has 1 unspecified atom stereocenters. The van der Waals surface area contributed by atoms with Gasteiger partial charge in [-0.2, -0.15) is 0 Å². The monoisotopic (exact) mass is 300 g/mol. The van der Waals surface area contributed by atoms with Gasteiger partial charge in [-0.15, -0.1) is 11.3 Å². The fraction of sp³-hybridized carbons (Fsp3) is 0.444. The number of nitrogens with two attached hydrogens (primary N) is 1. The second-order valence-electron chi connectivity index (χ2n) is 6.13. The Labute approximate surface area is 131 Å². The van der Waals surface area contributed by atoms with Crippen LogP contribution in [-0.4, -0.2) is 18.0 Å². The van der Waals surface area contributed by atoms with Gasteiger partial charge >= 0.3 is 0 Å². The van der Waals surface area contributed by atoms with Crippen LogP contribution in [0, 0.1) is 20.8 Å². The van der Waals surface area contributed by atoms with Crippen LogP contribution in [0.3, 0.4) is 0 Å². The molecule has 0 amide bonds. The first kappa shape index (κ1) is 14.8. The molecule has 1 aliphatic heterocycles. The fourth-order valence-corrected chi connectivity index (χ4v) is 4.24. The van der Waals surface area contributed by atoms with Crippen molar-refractivity contribution in [3.05, 3.63) is 56.3 Å². The predicted molar refractivity (Wildman–Crippen MR) is 90.9 cm³/mol. The van der Waals surface area contributed by atoms with E-state index in [1.54, 1.807) is 4.88 Å². The highest BCUT2D eigenvalue weighted by Gasteiger charge is 2.25. The third kappa shape index (κ3) is 2.78. The Morgan fingerprint density at radius 2 is 1.95 bits per heavy atom. The van der Waals surface area contributed by atoms with E-state index >= 15 is 0 Å². The molecule has 0 saturated carbocycles. The van der Waals surface area contributed by atoms with Crippen LogP contribution < -0.4 is 5.73 Å². The van der Waals surface area contributed by atoms with Gasteiger partial charge in [0, 0.05) is 30.6 Å². The average Bonchev–Trinajstić information content (AvgIpc) is 2.92. The fourth-order valence-electron chi connectivity index (χ4n) is 3.35. The standard InChI is InChI=1S/C18H24N2S/c1-12-8-14(3)16(9-13(12)2)17(10-19)20-6-4-18-15(11-20)5-7-21-18/h5,7-9,17H,4,6,10-11,19H2,1-3H3. The van der Waals surface area contributed by atoms with Crippen LogP contribution in [0.1, 0.15) is 38.7 Å². The summed E-state index contributed by atoms with van der Waals surface area (Å²) in [5.74, 6) is 0. The van der Waals surface area contributed by atoms with Crippen molar-refractivity contribution < 1.29 is 0 Å². The lowest BCUT2D eigenvalue weighted by molar-refractivity contribution is 0.184. The van der Waals surface area contributed by atoms with Crippen LogP contribution >= 0.6 is 11.3 Å². The molecule has 0 radical (unpaired) electrons. The summed E-state index contributed by atoms with van der Waals surface area (Å²) in [7, 11) is 0. The van der Waals surface area contributed by atoms with Gasteiger partial charge in [-0.25, -0.2) is 0 Å². The number of nitrogens with zero attached hydrogens (tertiary/aromatic N) is 1. The van der Waals surface area contributed by atoms with Crippen molar-refractivity contribution in [1.82, 2.24) is 4.90 Å². The highest BCUT2D eigenvalue weighted by Crippen LogP contribution is 2.32. The summed E-state index contributed by atoms with van der Waals surface area (Å²) in [6, 6.07) is 7.24. The first-order valence-electron chi connectivity index (χ1n) is 7.67. The summed E-state index contributed by atoms with van der Waals surface area (Å²) in [4.78, 5) is 4.10. The molecular weight excluding hydrogens is 276 g/mol. The maximum Gasteiger partial charge on any atom is 0.0476 e. The number of fused-ring (bicyclic) bond motifs is 1. The molecular formula is C18H24N2S. The van der Waals surface area contributed by atoms with Gasteiger partial charge in [0.25, 0.3) is 0 Å². The zero-order valence-corrected chi connectivity index (χ0v) is 14.0. The summed E-state index contributed by atoms with van der Waals surface area (Å²) in [5.41, 5.74) is 13.1. The summed E-state index contributed by atoms with van der Waals surface area (Å²) in [6.45, 7) is 9.42. The molecule has 1 aromatic carbocycles. The zero-order chi connectivity index (χ0) is 15.0. The second kappa shape index (κ2) is 5.91. The molecule has 112 valence electrons. The largest absolute Gasteiger partial charge is 0.329 e. The van der Waals surface area contributed by atoms with Crippen LogP contribution in [0.15, 0.2) is 23.6 Å². The van der Waals surface area contributed by atoms with E-state index in [2.05, 4.69) is 49.3 Å². The number of aryl methyl sites for hydroxylation is 3. The number of hydrogen-bond acceptors (Lipinski definition) is 3. The Hall–Kier alpha value is -1.16. The Balaban J connectivity index is 1.91. The number of hydrogen-bond donors (Lipinski definition) is 1. The SMILES string of the molecule is Cc1cc(C)c(C(CN)N2CCc3sccc3C2)cc1C. The minimum absolute atomic E-state index is 0.331. The van der Waals surface area contributed by atoms with Gasteiger partial charge in [0.2, 0.25) is 0 Å². The van der Waals surface area contributed by atoms with E-state index in [1.807, 2.05) is 11.3 Å². The van der Waals surface area contributed by atoms with E-state index in [0.717, 1.165) is 19.5 Å². The van der Waals surface area contributed by atoms with Crippen molar-refractivity contribution in [3.8, 4) is 0 Å². The molecule has 0 aliphatic carbocycles. The van der Waals surface area contributed by atoms with Gasteiger partial charge in [0.1, 0.15) is 0 Å². The molecule has 0 bridgehead atoms. The number of thiophene rings is 1. The van der Waals surface area contributed by atoms with Gasteiger partial charge in [-0.05, 0) is 66.5 Å². The van der Waals surface area contributed by atoms with E-state index in [9.17, 15) is 0 Å². The smallest absolute Gasteiger partial charge is 0.0476 e. The van der Waals surface area contributed by atoms with Crippen LogP contribution in [0.25, 0.3) is 0 Å². The van der Waals surface area contributed by atoms with E-state index in [1.165, 1.54) is 27.8 Å². The van der Waals surface area contributed by atoms with Gasteiger partial charge in [0.15, 0.2) is 0 Å². The quantitative estimate of drug-likeness (QED) is 0.936. The molecule has 2 heterocycles.